The lowest BCUT2D eigenvalue weighted by atomic mass is 10.3. The minimum absolute atomic E-state index is 0.0844. The molecule has 0 saturated heterocycles. The van der Waals surface area contributed by atoms with Crippen LogP contribution in [-0.2, 0) is 7.05 Å². The second-order valence-corrected chi connectivity index (χ2v) is 3.77. The Morgan fingerprint density at radius 1 is 1.15 bits per heavy atom. The maximum Gasteiger partial charge on any atom is 0.307 e. The molecule has 1 aromatic heterocycles. The van der Waals surface area contributed by atoms with Crippen molar-refractivity contribution in [1.29, 1.82) is 0 Å². The van der Waals surface area contributed by atoms with Crippen molar-refractivity contribution in [3.8, 4) is 0 Å². The van der Waals surface area contributed by atoms with Crippen molar-refractivity contribution in [2.24, 2.45) is 7.05 Å². The van der Waals surface area contributed by atoms with Gasteiger partial charge in [-0.25, -0.2) is 0 Å². The lowest BCUT2D eigenvalue weighted by Gasteiger charge is -1.87. The number of hydrogen-bond donors (Lipinski definition) is 0. The zero-order valence-corrected chi connectivity index (χ0v) is 8.04. The molecule has 0 aliphatic heterocycles. The van der Waals surface area contributed by atoms with Crippen LogP contribution in [0, 0.1) is 0 Å². The molecule has 0 atom stereocenters. The molecule has 1 aliphatic carbocycles. The lowest BCUT2D eigenvalue weighted by Crippen LogP contribution is -2.29. The average Bonchev–Trinajstić information content (AvgIpc) is 2.31. The molecule has 0 spiro atoms. The van der Waals surface area contributed by atoms with E-state index in [1.165, 1.54) is 11.3 Å². The summed E-state index contributed by atoms with van der Waals surface area (Å²) >= 11 is 1.27. The maximum atomic E-state index is 11.3. The summed E-state index contributed by atoms with van der Waals surface area (Å²) in [4.78, 5) is 11.4. The van der Waals surface area contributed by atoms with E-state index in [0.29, 0.717) is 0 Å². The Balaban J connectivity index is 2.95. The quantitative estimate of drug-likeness (QED) is 0.571. The smallest absolute Gasteiger partial charge is 0.302 e. The summed E-state index contributed by atoms with van der Waals surface area (Å²) in [7, 11) is 1.79. The van der Waals surface area contributed by atoms with E-state index in [0.717, 1.165) is 9.88 Å². The van der Waals surface area contributed by atoms with Crippen molar-refractivity contribution in [3.05, 3.63) is 43.9 Å². The standard InChI is InChI=1S/C10H9NOS/c1-11-8-6-4-2-3-5-7-9(8)13-10(11)12/h2-7H,1H3/b3-2?,4-2-,5-3-,6-4?,7-5?,8-6+,9-7+. The molecule has 1 aliphatic rings. The van der Waals surface area contributed by atoms with Crippen LogP contribution in [0.25, 0.3) is 12.2 Å². The largest absolute Gasteiger partial charge is 0.307 e. The predicted molar refractivity (Wildman–Crippen MR) is 56.0 cm³/mol. The normalized spacial score (nSPS) is 24.1. The molecule has 3 heteroatoms. The molecule has 2 nitrogen and oxygen atoms in total. The van der Waals surface area contributed by atoms with Crippen LogP contribution in [0.1, 0.15) is 0 Å². The first-order valence-electron chi connectivity index (χ1n) is 4.00. The molecule has 0 aromatic carbocycles. The molecule has 0 unspecified atom stereocenters. The summed E-state index contributed by atoms with van der Waals surface area (Å²) in [6, 6.07) is 0. The first kappa shape index (κ1) is 8.26. The monoisotopic (exact) mass is 191 g/mol. The van der Waals surface area contributed by atoms with Gasteiger partial charge in [0.15, 0.2) is 0 Å². The molecular weight excluding hydrogens is 182 g/mol. The van der Waals surface area contributed by atoms with Crippen molar-refractivity contribution < 1.29 is 0 Å². The summed E-state index contributed by atoms with van der Waals surface area (Å²) in [5.74, 6) is 0. The Morgan fingerprint density at radius 3 is 2.62 bits per heavy atom. The van der Waals surface area contributed by atoms with Crippen LogP contribution in [0.15, 0.2) is 29.1 Å². The first-order valence-corrected chi connectivity index (χ1v) is 4.82. The summed E-state index contributed by atoms with van der Waals surface area (Å²) < 4.78 is 2.69. The number of aromatic nitrogens is 1. The molecule has 0 N–H and O–H groups in total. The number of thiazole rings is 1. The van der Waals surface area contributed by atoms with Crippen molar-refractivity contribution in [2.75, 3.05) is 0 Å². The van der Waals surface area contributed by atoms with E-state index in [-0.39, 0.29) is 4.87 Å². The van der Waals surface area contributed by atoms with E-state index in [4.69, 9.17) is 0 Å². The summed E-state index contributed by atoms with van der Waals surface area (Å²) in [5.41, 5.74) is 0. The molecule has 0 fully saturated rings. The van der Waals surface area contributed by atoms with E-state index in [2.05, 4.69) is 0 Å². The Labute approximate surface area is 79.5 Å². The second-order valence-electron chi connectivity index (χ2n) is 2.78. The fourth-order valence-corrected chi connectivity index (χ4v) is 2.09. The molecule has 0 radical (unpaired) electrons. The highest BCUT2D eigenvalue weighted by atomic mass is 32.1. The van der Waals surface area contributed by atoms with Gasteiger partial charge in [-0.1, -0.05) is 35.6 Å². The third-order valence-corrected chi connectivity index (χ3v) is 2.93. The first-order chi connectivity index (χ1) is 6.29. The second kappa shape index (κ2) is 3.18. The van der Waals surface area contributed by atoms with Crippen LogP contribution in [0.2, 0.25) is 0 Å². The van der Waals surface area contributed by atoms with E-state index in [1.54, 1.807) is 11.6 Å². The van der Waals surface area contributed by atoms with Gasteiger partial charge in [0.05, 0.1) is 9.88 Å². The lowest BCUT2D eigenvalue weighted by molar-refractivity contribution is 0.858. The Hall–Kier alpha value is -1.35. The van der Waals surface area contributed by atoms with Crippen LogP contribution < -0.4 is 14.8 Å². The van der Waals surface area contributed by atoms with Crippen molar-refractivity contribution in [3.63, 3.8) is 0 Å². The van der Waals surface area contributed by atoms with Gasteiger partial charge in [0.25, 0.3) is 0 Å². The van der Waals surface area contributed by atoms with E-state index in [9.17, 15) is 4.79 Å². The molecule has 13 heavy (non-hydrogen) atoms. The molecule has 0 saturated carbocycles. The van der Waals surface area contributed by atoms with Crippen LogP contribution in [0.4, 0.5) is 0 Å². The van der Waals surface area contributed by atoms with Gasteiger partial charge in [-0.2, -0.15) is 0 Å². The van der Waals surface area contributed by atoms with Gasteiger partial charge in [0, 0.05) is 7.05 Å². The Kier molecular flexibility index (Phi) is 2.02. The molecular formula is C10H9NOS. The van der Waals surface area contributed by atoms with Gasteiger partial charge in [-0.3, -0.25) is 4.79 Å². The Morgan fingerprint density at radius 2 is 1.85 bits per heavy atom. The minimum Gasteiger partial charge on any atom is -0.302 e. The summed E-state index contributed by atoms with van der Waals surface area (Å²) in [6.45, 7) is 0. The molecule has 1 heterocycles. The highest BCUT2D eigenvalue weighted by molar-refractivity contribution is 7.07. The molecule has 1 aromatic rings. The van der Waals surface area contributed by atoms with Gasteiger partial charge in [0.1, 0.15) is 0 Å². The average molecular weight is 191 g/mol. The molecule has 0 amide bonds. The fraction of sp³-hybridized carbons (Fsp3) is 0.100. The minimum atomic E-state index is 0.0844. The Bertz CT molecular complexity index is 542. The van der Waals surface area contributed by atoms with Crippen LogP contribution in [0.5, 0.6) is 0 Å². The molecule has 66 valence electrons. The number of fused-ring (bicyclic) bond motifs is 1. The van der Waals surface area contributed by atoms with Gasteiger partial charge in [-0.15, -0.1) is 0 Å². The highest BCUT2D eigenvalue weighted by Crippen LogP contribution is 1.84. The third kappa shape index (κ3) is 1.42. The molecule has 0 bridgehead atoms. The van der Waals surface area contributed by atoms with E-state index >= 15 is 0 Å². The van der Waals surface area contributed by atoms with Crippen LogP contribution in [0.3, 0.4) is 0 Å². The van der Waals surface area contributed by atoms with Gasteiger partial charge >= 0.3 is 4.87 Å². The zero-order valence-electron chi connectivity index (χ0n) is 7.23. The SMILES string of the molecule is Cn1c(=O)sc2/c1=C\C=C/C=C\C=2. The number of rotatable bonds is 0. The zero-order chi connectivity index (χ0) is 9.26. The third-order valence-electron chi connectivity index (χ3n) is 1.92. The van der Waals surface area contributed by atoms with Crippen molar-refractivity contribution in [1.82, 2.24) is 4.57 Å². The van der Waals surface area contributed by atoms with Gasteiger partial charge < -0.3 is 4.57 Å². The van der Waals surface area contributed by atoms with E-state index in [1.807, 2.05) is 36.5 Å². The van der Waals surface area contributed by atoms with Gasteiger partial charge in [0.2, 0.25) is 0 Å². The predicted octanol–water partition coefficient (Wildman–Crippen LogP) is 0.134. The van der Waals surface area contributed by atoms with Gasteiger partial charge in [-0.05, 0) is 12.2 Å². The fourth-order valence-electron chi connectivity index (χ4n) is 1.21. The molecule has 2 rings (SSSR count). The summed E-state index contributed by atoms with van der Waals surface area (Å²) in [5, 5.41) is 0.982. The van der Waals surface area contributed by atoms with Crippen LogP contribution in [-0.4, -0.2) is 4.57 Å². The van der Waals surface area contributed by atoms with E-state index < -0.39 is 0 Å². The van der Waals surface area contributed by atoms with Crippen molar-refractivity contribution >= 4 is 23.5 Å². The maximum absolute atomic E-state index is 11.3. The van der Waals surface area contributed by atoms with Crippen LogP contribution >= 0.6 is 11.3 Å². The topological polar surface area (TPSA) is 22.0 Å². The number of hydrogen-bond acceptors (Lipinski definition) is 2. The highest BCUT2D eigenvalue weighted by Gasteiger charge is 1.96. The summed E-state index contributed by atoms with van der Waals surface area (Å²) in [6.07, 6.45) is 11.7. The number of allylic oxidation sites excluding steroid dienone is 4. The number of nitrogens with zero attached hydrogens (tertiary/aromatic N) is 1. The van der Waals surface area contributed by atoms with Crippen molar-refractivity contribution in [2.45, 2.75) is 0 Å².